The van der Waals surface area contributed by atoms with Gasteiger partial charge in [0.1, 0.15) is 17.1 Å². The number of rotatable bonds is 6. The van der Waals surface area contributed by atoms with Crippen molar-refractivity contribution >= 4 is 17.6 Å². The molecule has 0 amide bonds. The molecule has 14 heteroatoms. The Morgan fingerprint density at radius 2 is 1.69 bits per heavy atom. The Kier molecular flexibility index (Phi) is 6.23. The predicted octanol–water partition coefficient (Wildman–Crippen LogP) is 5.80. The predicted molar refractivity (Wildman–Crippen MR) is 111 cm³/mol. The molecule has 7 nitrogen and oxygen atoms in total. The minimum Gasteiger partial charge on any atom is -0.351 e. The van der Waals surface area contributed by atoms with E-state index in [1.807, 2.05) is 0 Å². The highest BCUT2D eigenvalue weighted by atomic mass is 19.4. The van der Waals surface area contributed by atoms with Gasteiger partial charge in [-0.05, 0) is 30.7 Å². The maximum absolute atomic E-state index is 13.6. The second-order valence-corrected chi connectivity index (χ2v) is 8.10. The lowest BCUT2D eigenvalue weighted by molar-refractivity contribution is -0.141. The number of hydrogen-bond acceptors (Lipinski definition) is 7. The van der Waals surface area contributed by atoms with Crippen molar-refractivity contribution in [3.8, 4) is 11.5 Å². The molecule has 1 saturated carbocycles. The van der Waals surface area contributed by atoms with Crippen LogP contribution in [0.15, 0.2) is 36.5 Å². The Morgan fingerprint density at radius 1 is 0.943 bits per heavy atom. The summed E-state index contributed by atoms with van der Waals surface area (Å²) < 4.78 is 93.9. The average Bonchev–Trinajstić information content (AvgIpc) is 3.10. The number of hydrogen-bond donors (Lipinski definition) is 2. The number of pyridine rings is 2. The highest BCUT2D eigenvalue weighted by Crippen LogP contribution is 2.36. The zero-order chi connectivity index (χ0) is 25.4. The molecule has 0 spiro atoms. The molecule has 1 aliphatic carbocycles. The second-order valence-electron chi connectivity index (χ2n) is 8.10. The maximum atomic E-state index is 13.6. The summed E-state index contributed by atoms with van der Waals surface area (Å²) in [4.78, 5) is 19.3. The molecule has 0 saturated heterocycles. The summed E-state index contributed by atoms with van der Waals surface area (Å²) in [6, 6.07) is 4.85. The van der Waals surface area contributed by atoms with Gasteiger partial charge in [-0.1, -0.05) is 6.07 Å². The van der Waals surface area contributed by atoms with Gasteiger partial charge in [0.15, 0.2) is 5.82 Å². The van der Waals surface area contributed by atoms with Crippen LogP contribution in [0, 0.1) is 0 Å². The van der Waals surface area contributed by atoms with Gasteiger partial charge in [0, 0.05) is 37.7 Å². The van der Waals surface area contributed by atoms with Gasteiger partial charge in [-0.3, -0.25) is 4.98 Å². The van der Waals surface area contributed by atoms with Crippen molar-refractivity contribution in [2.75, 3.05) is 10.6 Å². The third kappa shape index (κ3) is 6.11. The van der Waals surface area contributed by atoms with E-state index in [2.05, 4.69) is 35.6 Å². The summed E-state index contributed by atoms with van der Waals surface area (Å²) in [7, 11) is 0. The minimum atomic E-state index is -4.72. The zero-order valence-electron chi connectivity index (χ0n) is 18.0. The van der Waals surface area contributed by atoms with Crippen LogP contribution in [0.3, 0.4) is 0 Å². The van der Waals surface area contributed by atoms with Crippen LogP contribution in [-0.4, -0.2) is 36.9 Å². The third-order valence-electron chi connectivity index (χ3n) is 5.11. The van der Waals surface area contributed by atoms with E-state index >= 15 is 0 Å². The topological polar surface area (TPSA) is 88.5 Å². The van der Waals surface area contributed by atoms with Gasteiger partial charge in [-0.25, -0.2) is 13.8 Å². The first-order chi connectivity index (χ1) is 16.3. The highest BCUT2D eigenvalue weighted by molar-refractivity contribution is 5.59. The molecule has 1 fully saturated rings. The molecule has 0 radical (unpaired) electrons. The van der Waals surface area contributed by atoms with Crippen LogP contribution in [0.25, 0.3) is 11.5 Å². The van der Waals surface area contributed by atoms with Crippen molar-refractivity contribution < 1.29 is 30.7 Å². The van der Waals surface area contributed by atoms with Crippen LogP contribution in [0.2, 0.25) is 0 Å². The summed E-state index contributed by atoms with van der Waals surface area (Å²) in [5.74, 6) is -6.79. The number of alkyl halides is 7. The van der Waals surface area contributed by atoms with Crippen LogP contribution < -0.4 is 10.6 Å². The van der Waals surface area contributed by atoms with Crippen LogP contribution in [0.4, 0.5) is 48.3 Å². The molecule has 3 aromatic heterocycles. The van der Waals surface area contributed by atoms with Crippen molar-refractivity contribution in [1.29, 1.82) is 0 Å². The summed E-state index contributed by atoms with van der Waals surface area (Å²) in [6.07, 6.45) is -4.28. The molecule has 186 valence electrons. The van der Waals surface area contributed by atoms with Crippen molar-refractivity contribution in [2.45, 2.75) is 50.2 Å². The van der Waals surface area contributed by atoms with Gasteiger partial charge in [0.05, 0.1) is 0 Å². The fourth-order valence-corrected chi connectivity index (χ4v) is 3.46. The minimum absolute atomic E-state index is 0.115. The van der Waals surface area contributed by atoms with Gasteiger partial charge in [-0.2, -0.15) is 36.9 Å². The summed E-state index contributed by atoms with van der Waals surface area (Å²) in [5.41, 5.74) is -1.86. The van der Waals surface area contributed by atoms with E-state index in [9.17, 15) is 30.7 Å². The smallest absolute Gasteiger partial charge is 0.351 e. The Labute approximate surface area is 194 Å². The molecular weight excluding hydrogens is 483 g/mol. The molecule has 0 bridgehead atoms. The number of nitrogens with one attached hydrogen (secondary N) is 2. The lowest BCUT2D eigenvalue weighted by Gasteiger charge is -2.15. The van der Waals surface area contributed by atoms with Crippen molar-refractivity contribution in [3.63, 3.8) is 0 Å². The zero-order valence-corrected chi connectivity index (χ0v) is 18.0. The average molecular weight is 501 g/mol. The van der Waals surface area contributed by atoms with Gasteiger partial charge < -0.3 is 10.6 Å². The van der Waals surface area contributed by atoms with E-state index in [0.717, 1.165) is 24.4 Å². The molecular formula is C21H18F7N7. The molecule has 3 heterocycles. The summed E-state index contributed by atoms with van der Waals surface area (Å²) in [6.45, 7) is 0.666. The Hall–Kier alpha value is -3.58. The molecule has 35 heavy (non-hydrogen) atoms. The molecule has 2 N–H and O–H groups in total. The fraction of sp³-hybridized carbons (Fsp3) is 0.381. The van der Waals surface area contributed by atoms with Crippen molar-refractivity contribution in [3.05, 3.63) is 47.9 Å². The normalized spacial score (nSPS) is 17.9. The highest BCUT2D eigenvalue weighted by Gasteiger charge is 2.40. The van der Waals surface area contributed by atoms with Gasteiger partial charge in [-0.15, -0.1) is 0 Å². The first-order valence-corrected chi connectivity index (χ1v) is 10.3. The SMILES string of the molecule is CC(F)(F)c1cc(Nc2nc(N[C@@H]3CCC(F)(F)C3)nc(-c3cccc(C(F)(F)F)n3)n2)ccn1. The quantitative estimate of drug-likeness (QED) is 0.413. The fourth-order valence-electron chi connectivity index (χ4n) is 3.46. The Bertz CT molecular complexity index is 1210. The van der Waals surface area contributed by atoms with Gasteiger partial charge in [0.2, 0.25) is 17.8 Å². The largest absolute Gasteiger partial charge is 0.433 e. The van der Waals surface area contributed by atoms with E-state index in [1.54, 1.807) is 0 Å². The van der Waals surface area contributed by atoms with Crippen molar-refractivity contribution in [2.24, 2.45) is 0 Å². The third-order valence-corrected chi connectivity index (χ3v) is 5.11. The van der Waals surface area contributed by atoms with E-state index < -0.39 is 41.9 Å². The lowest BCUT2D eigenvalue weighted by Crippen LogP contribution is -2.21. The number of aromatic nitrogens is 5. The first kappa shape index (κ1) is 24.5. The molecule has 3 aromatic rings. The number of anilines is 3. The molecule has 0 unspecified atom stereocenters. The summed E-state index contributed by atoms with van der Waals surface area (Å²) in [5, 5.41) is 5.43. The Balaban J connectivity index is 1.71. The lowest BCUT2D eigenvalue weighted by atomic mass is 10.2. The number of halogens is 7. The van der Waals surface area contributed by atoms with Crippen LogP contribution in [0.5, 0.6) is 0 Å². The van der Waals surface area contributed by atoms with E-state index in [4.69, 9.17) is 0 Å². The van der Waals surface area contributed by atoms with E-state index in [1.165, 1.54) is 12.1 Å². The molecule has 1 atom stereocenters. The van der Waals surface area contributed by atoms with E-state index in [-0.39, 0.29) is 41.9 Å². The molecule has 0 aromatic carbocycles. The first-order valence-electron chi connectivity index (χ1n) is 10.3. The molecule has 4 rings (SSSR count). The molecule has 0 aliphatic heterocycles. The van der Waals surface area contributed by atoms with Gasteiger partial charge in [0.25, 0.3) is 5.92 Å². The molecule has 1 aliphatic rings. The van der Waals surface area contributed by atoms with Crippen molar-refractivity contribution in [1.82, 2.24) is 24.9 Å². The van der Waals surface area contributed by atoms with Crippen LogP contribution in [0.1, 0.15) is 37.6 Å². The number of nitrogens with zero attached hydrogens (tertiary/aromatic N) is 5. The Morgan fingerprint density at radius 3 is 2.34 bits per heavy atom. The van der Waals surface area contributed by atoms with Crippen LogP contribution in [-0.2, 0) is 12.1 Å². The maximum Gasteiger partial charge on any atom is 0.433 e. The van der Waals surface area contributed by atoms with Gasteiger partial charge >= 0.3 is 6.18 Å². The monoisotopic (exact) mass is 501 g/mol. The van der Waals surface area contributed by atoms with Crippen LogP contribution >= 0.6 is 0 Å². The second kappa shape index (κ2) is 8.89. The summed E-state index contributed by atoms with van der Waals surface area (Å²) >= 11 is 0. The van der Waals surface area contributed by atoms with E-state index in [0.29, 0.717) is 6.92 Å². The standard InChI is InChI=1S/C21H18F7N7/c1-19(22,23)15-9-11(6-8-29-15)30-17-33-16(13-3-2-4-14(32-13)21(26,27)28)34-18(35-17)31-12-5-7-20(24,25)10-12/h2-4,6,8-9,12H,5,7,10H2,1H3,(H2,29,30,31,33,34,35)/t12-/m1/s1.